The van der Waals surface area contributed by atoms with Gasteiger partial charge in [0.1, 0.15) is 5.60 Å². The van der Waals surface area contributed by atoms with Gasteiger partial charge in [0.05, 0.1) is 0 Å². The first-order valence-electron chi connectivity index (χ1n) is 6.48. The van der Waals surface area contributed by atoms with E-state index in [9.17, 15) is 14.4 Å². The van der Waals surface area contributed by atoms with Crippen molar-refractivity contribution in [1.29, 1.82) is 0 Å². The number of hydrogen-bond acceptors (Lipinski definition) is 4. The SMILES string of the molecule is C=C(C)C(=O)O.C=C(CC=C(C)C(=O)O)C(=O)OC(C)(C)C. The first kappa shape index (κ1) is 21.9. The van der Waals surface area contributed by atoms with Crippen molar-refractivity contribution in [2.75, 3.05) is 0 Å². The molecule has 6 nitrogen and oxygen atoms in total. The molecule has 0 saturated carbocycles. The number of carbonyl (C=O) groups is 3. The van der Waals surface area contributed by atoms with Crippen molar-refractivity contribution in [2.45, 2.75) is 46.6 Å². The molecule has 0 aliphatic heterocycles. The fourth-order valence-electron chi connectivity index (χ4n) is 0.797. The van der Waals surface area contributed by atoms with Gasteiger partial charge in [-0.1, -0.05) is 19.2 Å². The van der Waals surface area contributed by atoms with Crippen LogP contribution in [0.4, 0.5) is 0 Å². The maximum absolute atomic E-state index is 11.4. The third-order valence-corrected chi connectivity index (χ3v) is 2.04. The molecule has 0 heterocycles. The van der Waals surface area contributed by atoms with Crippen LogP contribution in [0.5, 0.6) is 0 Å². The van der Waals surface area contributed by atoms with Gasteiger partial charge in [-0.25, -0.2) is 14.4 Å². The van der Waals surface area contributed by atoms with Crippen LogP contribution < -0.4 is 0 Å². The van der Waals surface area contributed by atoms with E-state index in [0.717, 1.165) is 0 Å². The number of allylic oxidation sites excluding steroid dienone is 1. The third kappa shape index (κ3) is 12.7. The Balaban J connectivity index is 0. The molecule has 2 N–H and O–H groups in total. The van der Waals surface area contributed by atoms with Crippen LogP contribution in [0.15, 0.2) is 36.0 Å². The summed E-state index contributed by atoms with van der Waals surface area (Å²) in [7, 11) is 0. The van der Waals surface area contributed by atoms with Crippen molar-refractivity contribution < 1.29 is 29.3 Å². The lowest BCUT2D eigenvalue weighted by molar-refractivity contribution is -0.150. The highest BCUT2D eigenvalue weighted by molar-refractivity contribution is 5.89. The lowest BCUT2D eigenvalue weighted by Crippen LogP contribution is -2.24. The van der Waals surface area contributed by atoms with Crippen molar-refractivity contribution in [2.24, 2.45) is 0 Å². The van der Waals surface area contributed by atoms with Gasteiger partial charge in [0.25, 0.3) is 0 Å². The Morgan fingerprint density at radius 1 is 1.05 bits per heavy atom. The minimum Gasteiger partial charge on any atom is -0.478 e. The summed E-state index contributed by atoms with van der Waals surface area (Å²) in [5, 5.41) is 16.5. The number of carboxylic acid groups (broad SMARTS) is 2. The molecule has 0 atom stereocenters. The summed E-state index contributed by atoms with van der Waals surface area (Å²) < 4.78 is 5.08. The van der Waals surface area contributed by atoms with Gasteiger partial charge in [0.2, 0.25) is 0 Å². The second kappa shape index (κ2) is 9.55. The predicted molar refractivity (Wildman–Crippen MR) is 83.4 cm³/mol. The van der Waals surface area contributed by atoms with Gasteiger partial charge >= 0.3 is 17.9 Å². The van der Waals surface area contributed by atoms with E-state index in [0.29, 0.717) is 0 Å². The highest BCUT2D eigenvalue weighted by atomic mass is 16.6. The van der Waals surface area contributed by atoms with Crippen LogP contribution in [0.1, 0.15) is 41.0 Å². The van der Waals surface area contributed by atoms with E-state index in [2.05, 4.69) is 13.2 Å². The number of rotatable bonds is 5. The van der Waals surface area contributed by atoms with E-state index in [1.165, 1.54) is 19.9 Å². The molecule has 0 aromatic carbocycles. The minimum atomic E-state index is -1.00. The van der Waals surface area contributed by atoms with Crippen LogP contribution in [0, 0.1) is 0 Å². The third-order valence-electron chi connectivity index (χ3n) is 2.04. The van der Waals surface area contributed by atoms with Crippen molar-refractivity contribution in [3.63, 3.8) is 0 Å². The van der Waals surface area contributed by atoms with Crippen molar-refractivity contribution in [3.8, 4) is 0 Å². The molecule has 0 aliphatic rings. The van der Waals surface area contributed by atoms with Gasteiger partial charge < -0.3 is 14.9 Å². The topological polar surface area (TPSA) is 101 Å². The van der Waals surface area contributed by atoms with Crippen LogP contribution in [0.3, 0.4) is 0 Å². The molecule has 0 spiro atoms. The van der Waals surface area contributed by atoms with E-state index in [-0.39, 0.29) is 23.1 Å². The molecular formula is C16H24O6. The molecule has 0 amide bonds. The monoisotopic (exact) mass is 312 g/mol. The Kier molecular flexibility index (Phi) is 9.51. The Bertz CT molecular complexity index is 479. The first-order chi connectivity index (χ1) is 9.77. The smallest absolute Gasteiger partial charge is 0.334 e. The molecule has 0 unspecified atom stereocenters. The standard InChI is InChI=1S/C12H18O4.C4H6O2/c1-8(10(13)14)6-7-9(2)11(15)16-12(3,4)5;1-3(2)4(5)6/h6H,2,7H2,1,3-5H3,(H,13,14);1H2,2H3,(H,5,6). The zero-order valence-corrected chi connectivity index (χ0v) is 13.7. The number of carboxylic acids is 2. The van der Waals surface area contributed by atoms with E-state index >= 15 is 0 Å². The molecule has 0 aromatic heterocycles. The molecular weight excluding hydrogens is 288 g/mol. The second-order valence-electron chi connectivity index (χ2n) is 5.59. The van der Waals surface area contributed by atoms with Gasteiger partial charge in [-0.05, 0) is 41.0 Å². The van der Waals surface area contributed by atoms with E-state index < -0.39 is 23.5 Å². The lowest BCUT2D eigenvalue weighted by atomic mass is 10.1. The van der Waals surface area contributed by atoms with Crippen molar-refractivity contribution in [3.05, 3.63) is 36.0 Å². The summed E-state index contributed by atoms with van der Waals surface area (Å²) in [4.78, 5) is 31.5. The normalized spacial score (nSPS) is 10.9. The molecule has 0 radical (unpaired) electrons. The van der Waals surface area contributed by atoms with Crippen LogP contribution in [0.2, 0.25) is 0 Å². The number of hydrogen-bond donors (Lipinski definition) is 2. The van der Waals surface area contributed by atoms with E-state index in [1.807, 2.05) is 0 Å². The highest BCUT2D eigenvalue weighted by Crippen LogP contribution is 2.12. The summed E-state index contributed by atoms with van der Waals surface area (Å²) >= 11 is 0. The van der Waals surface area contributed by atoms with E-state index in [4.69, 9.17) is 14.9 Å². The number of carbonyl (C=O) groups excluding carboxylic acids is 1. The molecule has 0 aliphatic carbocycles. The van der Waals surface area contributed by atoms with Crippen LogP contribution >= 0.6 is 0 Å². The molecule has 0 aromatic rings. The van der Waals surface area contributed by atoms with Crippen molar-refractivity contribution >= 4 is 17.9 Å². The molecule has 0 fully saturated rings. The quantitative estimate of drug-likeness (QED) is 0.598. The largest absolute Gasteiger partial charge is 0.478 e. The number of ether oxygens (including phenoxy) is 1. The maximum Gasteiger partial charge on any atom is 0.334 e. The summed E-state index contributed by atoms with van der Waals surface area (Å²) in [6.07, 6.45) is 1.63. The van der Waals surface area contributed by atoms with Gasteiger partial charge in [0, 0.05) is 16.7 Å². The fourth-order valence-corrected chi connectivity index (χ4v) is 0.797. The molecule has 22 heavy (non-hydrogen) atoms. The van der Waals surface area contributed by atoms with Crippen LogP contribution in [-0.2, 0) is 19.1 Å². The Morgan fingerprint density at radius 3 is 1.73 bits per heavy atom. The Hall–Kier alpha value is -2.37. The van der Waals surface area contributed by atoms with Crippen LogP contribution in [0.25, 0.3) is 0 Å². The fraction of sp³-hybridized carbons (Fsp3) is 0.438. The second-order valence-corrected chi connectivity index (χ2v) is 5.59. The van der Waals surface area contributed by atoms with Gasteiger partial charge in [-0.3, -0.25) is 0 Å². The maximum atomic E-state index is 11.4. The average molecular weight is 312 g/mol. The zero-order chi connectivity index (χ0) is 18.1. The molecule has 0 bridgehead atoms. The summed E-state index contributed by atoms with van der Waals surface area (Å²) in [6, 6.07) is 0. The molecule has 0 rings (SSSR count). The van der Waals surface area contributed by atoms with Gasteiger partial charge in [0.15, 0.2) is 0 Å². The summed E-state index contributed by atoms with van der Waals surface area (Å²) in [6.45, 7) is 14.9. The Labute approximate surface area is 130 Å². The summed E-state index contributed by atoms with van der Waals surface area (Å²) in [5.74, 6) is -2.44. The average Bonchev–Trinajstić information content (AvgIpc) is 2.33. The van der Waals surface area contributed by atoms with Gasteiger partial charge in [-0.15, -0.1) is 0 Å². The number of esters is 1. The van der Waals surface area contributed by atoms with Crippen LogP contribution in [-0.4, -0.2) is 33.7 Å². The summed E-state index contributed by atoms with van der Waals surface area (Å²) in [5.41, 5.74) is 0.0428. The molecule has 0 saturated heterocycles. The van der Waals surface area contributed by atoms with E-state index in [1.54, 1.807) is 20.8 Å². The zero-order valence-electron chi connectivity index (χ0n) is 13.7. The Morgan fingerprint density at radius 2 is 1.45 bits per heavy atom. The predicted octanol–water partition coefficient (Wildman–Crippen LogP) is 2.95. The van der Waals surface area contributed by atoms with Gasteiger partial charge in [-0.2, -0.15) is 0 Å². The first-order valence-corrected chi connectivity index (χ1v) is 6.48. The van der Waals surface area contributed by atoms with Crippen molar-refractivity contribution in [1.82, 2.24) is 0 Å². The number of aliphatic carboxylic acids is 2. The molecule has 6 heteroatoms. The molecule has 124 valence electrons. The lowest BCUT2D eigenvalue weighted by Gasteiger charge is -2.19. The highest BCUT2D eigenvalue weighted by Gasteiger charge is 2.18. The minimum absolute atomic E-state index is 0.176.